The summed E-state index contributed by atoms with van der Waals surface area (Å²) < 4.78 is 3.31. The Hall–Kier alpha value is -3.95. The number of nitrogens with one attached hydrogen (secondary N) is 2. The zero-order chi connectivity index (χ0) is 24.1. The Balaban J connectivity index is 1.50. The number of hydrogen-bond acceptors (Lipinski definition) is 7. The summed E-state index contributed by atoms with van der Waals surface area (Å²) in [6.45, 7) is 1.27. The third-order valence-electron chi connectivity index (χ3n) is 6.42. The third kappa shape index (κ3) is 3.78. The summed E-state index contributed by atoms with van der Waals surface area (Å²) in [4.78, 5) is 23.9. The maximum absolute atomic E-state index is 12.2. The van der Waals surface area contributed by atoms with E-state index in [0.29, 0.717) is 13.0 Å². The summed E-state index contributed by atoms with van der Waals surface area (Å²) in [7, 11) is 3.54. The van der Waals surface area contributed by atoms with Crippen molar-refractivity contribution in [3.8, 4) is 21.6 Å². The molecule has 0 saturated heterocycles. The fraction of sp³-hybridized carbons (Fsp3) is 0.192. The van der Waals surface area contributed by atoms with Crippen molar-refractivity contribution in [3.05, 3.63) is 60.4 Å². The van der Waals surface area contributed by atoms with Gasteiger partial charge in [-0.2, -0.15) is 0 Å². The van der Waals surface area contributed by atoms with Crippen LogP contribution in [0.3, 0.4) is 0 Å². The van der Waals surface area contributed by atoms with E-state index in [-0.39, 0.29) is 11.9 Å². The molecule has 0 radical (unpaired) electrons. The second kappa shape index (κ2) is 8.37. The molecule has 0 spiro atoms. The predicted molar refractivity (Wildman–Crippen MR) is 142 cm³/mol. The SMILES string of the molecule is CN(C)C(=O)CCn1cc(-c2cc3c(c(-c4cc5ccccc5s4)c2)NNC3)c2nc(N)ncc21. The van der Waals surface area contributed by atoms with Crippen LogP contribution in [0.5, 0.6) is 0 Å². The molecule has 9 heteroatoms. The smallest absolute Gasteiger partial charge is 0.223 e. The van der Waals surface area contributed by atoms with Gasteiger partial charge < -0.3 is 20.6 Å². The normalized spacial score (nSPS) is 12.7. The Bertz CT molecular complexity index is 1570. The highest BCUT2D eigenvalue weighted by molar-refractivity contribution is 7.22. The highest BCUT2D eigenvalue weighted by Crippen LogP contribution is 2.43. The number of rotatable bonds is 5. The molecule has 1 aliphatic rings. The molecule has 0 saturated carbocycles. The first kappa shape index (κ1) is 21.6. The van der Waals surface area contributed by atoms with Gasteiger partial charge >= 0.3 is 0 Å². The van der Waals surface area contributed by atoms with Gasteiger partial charge in [0.15, 0.2) is 0 Å². The van der Waals surface area contributed by atoms with Gasteiger partial charge in [-0.05, 0) is 40.8 Å². The first-order valence-electron chi connectivity index (χ1n) is 11.4. The van der Waals surface area contributed by atoms with E-state index in [1.807, 2.05) is 4.57 Å². The summed E-state index contributed by atoms with van der Waals surface area (Å²) in [5, 5.41) is 1.24. The maximum atomic E-state index is 12.2. The topological polar surface area (TPSA) is 101 Å². The Morgan fingerprint density at radius 1 is 1.20 bits per heavy atom. The number of carbonyl (C=O) groups excluding carboxylic acids is 1. The van der Waals surface area contributed by atoms with Crippen LogP contribution >= 0.6 is 11.3 Å². The van der Waals surface area contributed by atoms with Crippen molar-refractivity contribution in [2.45, 2.75) is 19.5 Å². The van der Waals surface area contributed by atoms with Crippen molar-refractivity contribution >= 4 is 50.0 Å². The molecule has 0 atom stereocenters. The van der Waals surface area contributed by atoms with E-state index in [9.17, 15) is 4.79 Å². The zero-order valence-corrected chi connectivity index (χ0v) is 20.3. The number of nitrogens with zero attached hydrogens (tertiary/aromatic N) is 4. The summed E-state index contributed by atoms with van der Waals surface area (Å²) >= 11 is 1.78. The van der Waals surface area contributed by atoms with Crippen molar-refractivity contribution in [2.75, 3.05) is 25.3 Å². The number of nitrogens with two attached hydrogens (primary N) is 1. The van der Waals surface area contributed by atoms with Crippen LogP contribution in [0.15, 0.2) is 54.9 Å². The zero-order valence-electron chi connectivity index (χ0n) is 19.5. The molecule has 4 N–H and O–H groups in total. The van der Waals surface area contributed by atoms with Gasteiger partial charge in [-0.25, -0.2) is 15.4 Å². The van der Waals surface area contributed by atoms with Gasteiger partial charge in [0.2, 0.25) is 11.9 Å². The van der Waals surface area contributed by atoms with Crippen molar-refractivity contribution in [3.63, 3.8) is 0 Å². The Labute approximate surface area is 206 Å². The average Bonchev–Trinajstić information content (AvgIpc) is 3.58. The van der Waals surface area contributed by atoms with Crippen LogP contribution in [-0.2, 0) is 17.9 Å². The van der Waals surface area contributed by atoms with Crippen LogP contribution in [0.1, 0.15) is 12.0 Å². The van der Waals surface area contributed by atoms with Crippen molar-refractivity contribution in [2.24, 2.45) is 0 Å². The average molecular weight is 484 g/mol. The molecule has 6 rings (SSSR count). The van der Waals surface area contributed by atoms with E-state index in [2.05, 4.69) is 69.5 Å². The lowest BCUT2D eigenvalue weighted by Crippen LogP contribution is -2.22. The number of anilines is 2. The van der Waals surface area contributed by atoms with Crippen LogP contribution in [0, 0.1) is 0 Å². The summed E-state index contributed by atoms with van der Waals surface area (Å²) in [6, 6.07) is 15.1. The van der Waals surface area contributed by atoms with Crippen LogP contribution in [0.2, 0.25) is 0 Å². The van der Waals surface area contributed by atoms with Gasteiger partial charge in [0.25, 0.3) is 0 Å². The lowest BCUT2D eigenvalue weighted by atomic mass is 9.98. The van der Waals surface area contributed by atoms with Crippen molar-refractivity contribution < 1.29 is 4.79 Å². The van der Waals surface area contributed by atoms with Crippen LogP contribution in [0.4, 0.5) is 11.6 Å². The van der Waals surface area contributed by atoms with Crippen molar-refractivity contribution in [1.82, 2.24) is 24.9 Å². The quantitative estimate of drug-likeness (QED) is 0.341. The molecule has 0 bridgehead atoms. The van der Waals surface area contributed by atoms with Crippen LogP contribution in [-0.4, -0.2) is 39.4 Å². The van der Waals surface area contributed by atoms with Gasteiger partial charge in [-0.1, -0.05) is 18.2 Å². The number of hydrogen-bond donors (Lipinski definition) is 3. The first-order chi connectivity index (χ1) is 17.0. The standard InChI is InChI=1S/C26H25N7OS/c1-32(2)23(34)7-8-33-14-19(25-20(33)13-28-26(27)30-25)16-9-17-12-29-31-24(17)18(10-16)22-11-15-5-3-4-6-21(15)35-22/h3-6,9-11,13-14,29,31H,7-8,12H2,1-2H3,(H2,27,28,30). The van der Waals surface area contributed by atoms with E-state index < -0.39 is 0 Å². The van der Waals surface area contributed by atoms with E-state index in [1.54, 1.807) is 36.5 Å². The highest BCUT2D eigenvalue weighted by Gasteiger charge is 2.21. The second-order valence-electron chi connectivity index (χ2n) is 8.92. The number of amides is 1. The van der Waals surface area contributed by atoms with E-state index >= 15 is 0 Å². The molecule has 1 aliphatic heterocycles. The van der Waals surface area contributed by atoms with Crippen LogP contribution < -0.4 is 16.6 Å². The largest absolute Gasteiger partial charge is 0.368 e. The summed E-state index contributed by atoms with van der Waals surface area (Å²) in [6.07, 6.45) is 4.20. The number of aryl methyl sites for hydroxylation is 1. The summed E-state index contributed by atoms with van der Waals surface area (Å²) in [5.41, 5.74) is 19.7. The molecule has 5 aromatic rings. The molecule has 2 aromatic carbocycles. The molecule has 0 fully saturated rings. The molecule has 0 unspecified atom stereocenters. The van der Waals surface area contributed by atoms with Gasteiger partial charge in [0, 0.05) is 60.5 Å². The number of nitrogen functional groups attached to an aromatic ring is 1. The van der Waals surface area contributed by atoms with E-state index in [0.717, 1.165) is 40.0 Å². The molecule has 8 nitrogen and oxygen atoms in total. The molecular formula is C26H25N7OS. The van der Waals surface area contributed by atoms with Gasteiger partial charge in [-0.15, -0.1) is 11.3 Å². The predicted octanol–water partition coefficient (Wildman–Crippen LogP) is 4.47. The fourth-order valence-corrected chi connectivity index (χ4v) is 5.69. The fourth-order valence-electron chi connectivity index (χ4n) is 4.60. The molecular weight excluding hydrogens is 458 g/mol. The minimum absolute atomic E-state index is 0.0755. The molecule has 35 heavy (non-hydrogen) atoms. The Morgan fingerprint density at radius 3 is 2.89 bits per heavy atom. The Kier molecular flexibility index (Phi) is 5.16. The Morgan fingerprint density at radius 2 is 2.06 bits per heavy atom. The summed E-state index contributed by atoms with van der Waals surface area (Å²) in [5.74, 6) is 0.307. The second-order valence-corrected chi connectivity index (χ2v) is 10.0. The van der Waals surface area contributed by atoms with Crippen LogP contribution in [0.25, 0.3) is 42.7 Å². The molecule has 176 valence electrons. The maximum Gasteiger partial charge on any atom is 0.223 e. The van der Waals surface area contributed by atoms with E-state index in [4.69, 9.17) is 5.73 Å². The van der Waals surface area contributed by atoms with Crippen molar-refractivity contribution in [1.29, 1.82) is 0 Å². The number of benzene rings is 2. The monoisotopic (exact) mass is 483 g/mol. The van der Waals surface area contributed by atoms with Gasteiger partial charge in [0.05, 0.1) is 17.4 Å². The molecule has 3 aromatic heterocycles. The van der Waals surface area contributed by atoms with E-state index in [1.165, 1.54) is 20.5 Å². The first-order valence-corrected chi connectivity index (χ1v) is 12.3. The highest BCUT2D eigenvalue weighted by atomic mass is 32.1. The third-order valence-corrected chi connectivity index (χ3v) is 7.57. The number of carbonyl (C=O) groups is 1. The van der Waals surface area contributed by atoms with Gasteiger partial charge in [-0.3, -0.25) is 4.79 Å². The number of hydrazine groups is 1. The number of fused-ring (bicyclic) bond motifs is 3. The molecule has 4 heterocycles. The molecule has 1 amide bonds. The molecule has 0 aliphatic carbocycles. The van der Waals surface area contributed by atoms with Gasteiger partial charge in [0.1, 0.15) is 5.52 Å². The lowest BCUT2D eigenvalue weighted by Gasteiger charge is -2.11. The minimum Gasteiger partial charge on any atom is -0.368 e. The lowest BCUT2D eigenvalue weighted by molar-refractivity contribution is -0.128. The number of aromatic nitrogens is 3. The number of thiophene rings is 1. The minimum atomic E-state index is 0.0755.